The molecule has 0 aliphatic carbocycles. The molecule has 1 rings (SSSR count). The van der Waals surface area contributed by atoms with Crippen molar-refractivity contribution < 1.29 is 31.9 Å². The van der Waals surface area contributed by atoms with Crippen LogP contribution in [0.4, 0.5) is 22.0 Å². The van der Waals surface area contributed by atoms with Gasteiger partial charge in [0.15, 0.2) is 11.6 Å². The van der Waals surface area contributed by atoms with E-state index in [-0.39, 0.29) is 31.4 Å². The van der Waals surface area contributed by atoms with Gasteiger partial charge in [0.05, 0.1) is 6.54 Å². The minimum absolute atomic E-state index is 0.0555. The molecule has 1 aromatic carbocycles. The van der Waals surface area contributed by atoms with E-state index in [1.807, 2.05) is 0 Å². The summed E-state index contributed by atoms with van der Waals surface area (Å²) in [6, 6.07) is 3.47. The Morgan fingerprint density at radius 2 is 1.95 bits per heavy atom. The first-order chi connectivity index (χ1) is 10.2. The summed E-state index contributed by atoms with van der Waals surface area (Å²) in [5.74, 6) is -3.99. The molecular weight excluding hydrogens is 309 g/mol. The fourth-order valence-electron chi connectivity index (χ4n) is 2.09. The van der Waals surface area contributed by atoms with E-state index in [2.05, 4.69) is 5.32 Å². The number of hydrogen-bond acceptors (Lipinski definition) is 2. The molecule has 0 aliphatic heterocycles. The van der Waals surface area contributed by atoms with E-state index >= 15 is 0 Å². The molecule has 22 heavy (non-hydrogen) atoms. The number of hydrogen-bond donors (Lipinski definition) is 2. The maximum absolute atomic E-state index is 13.8. The third-order valence-electron chi connectivity index (χ3n) is 3.08. The van der Waals surface area contributed by atoms with Crippen molar-refractivity contribution in [1.29, 1.82) is 0 Å². The zero-order valence-electron chi connectivity index (χ0n) is 11.6. The van der Waals surface area contributed by atoms with Gasteiger partial charge in [0.25, 0.3) is 0 Å². The minimum Gasteiger partial charge on any atom is -0.481 e. The highest BCUT2D eigenvalue weighted by Crippen LogP contribution is 2.26. The molecule has 0 aliphatic rings. The molecule has 0 aromatic heterocycles. The predicted molar refractivity (Wildman–Crippen MR) is 69.5 cm³/mol. The average molecular weight is 325 g/mol. The fourth-order valence-corrected chi connectivity index (χ4v) is 2.09. The van der Waals surface area contributed by atoms with Crippen LogP contribution in [0.3, 0.4) is 0 Å². The zero-order chi connectivity index (χ0) is 16.8. The third kappa shape index (κ3) is 6.38. The second-order valence-electron chi connectivity index (χ2n) is 4.87. The number of nitrogens with one attached hydrogen (secondary N) is 1. The molecular formula is C14H16F5NO2. The molecule has 3 nitrogen and oxygen atoms in total. The maximum Gasteiger partial charge on any atom is 0.401 e. The summed E-state index contributed by atoms with van der Waals surface area (Å²) in [5.41, 5.74) is -0.0555. The van der Waals surface area contributed by atoms with Crippen molar-refractivity contribution in [3.8, 4) is 0 Å². The van der Waals surface area contributed by atoms with Crippen LogP contribution in [0.5, 0.6) is 0 Å². The molecule has 1 atom stereocenters. The molecule has 0 saturated heterocycles. The number of carbonyl (C=O) groups is 1. The van der Waals surface area contributed by atoms with Gasteiger partial charge in [-0.15, -0.1) is 0 Å². The SMILES string of the molecule is O=C(O)CCC[C@H](CNCC(F)(F)F)c1cccc(F)c1F. The summed E-state index contributed by atoms with van der Waals surface area (Å²) in [7, 11) is 0. The lowest BCUT2D eigenvalue weighted by Gasteiger charge is -2.19. The van der Waals surface area contributed by atoms with Crippen LogP contribution in [0, 0.1) is 11.6 Å². The summed E-state index contributed by atoms with van der Waals surface area (Å²) in [4.78, 5) is 10.5. The van der Waals surface area contributed by atoms with E-state index in [1.165, 1.54) is 12.1 Å². The molecule has 0 heterocycles. The molecule has 1 aromatic rings. The standard InChI is InChI=1S/C14H16F5NO2/c15-11-5-2-4-10(13(11)16)9(3-1-6-12(21)22)7-20-8-14(17,18)19/h2,4-5,9,20H,1,3,6-8H2,(H,21,22)/t9-/m1/s1. The number of rotatable bonds is 8. The smallest absolute Gasteiger partial charge is 0.401 e. The van der Waals surface area contributed by atoms with Crippen LogP contribution in [0.1, 0.15) is 30.7 Å². The van der Waals surface area contributed by atoms with Crippen LogP contribution in [-0.2, 0) is 4.79 Å². The summed E-state index contributed by atoms with van der Waals surface area (Å²) in [6.45, 7) is -1.47. The fraction of sp³-hybridized carbons (Fsp3) is 0.500. The highest BCUT2D eigenvalue weighted by atomic mass is 19.4. The van der Waals surface area contributed by atoms with Gasteiger partial charge in [-0.05, 0) is 30.4 Å². The molecule has 124 valence electrons. The normalized spacial score (nSPS) is 13.1. The molecule has 0 saturated carbocycles. The Balaban J connectivity index is 2.76. The van der Waals surface area contributed by atoms with Crippen molar-refractivity contribution in [1.82, 2.24) is 5.32 Å². The Bertz CT molecular complexity index is 504. The van der Waals surface area contributed by atoms with Gasteiger partial charge in [0.2, 0.25) is 0 Å². The average Bonchev–Trinajstić information content (AvgIpc) is 2.39. The summed E-state index contributed by atoms with van der Waals surface area (Å²) >= 11 is 0. The summed E-state index contributed by atoms with van der Waals surface area (Å²) < 4.78 is 63.4. The van der Waals surface area contributed by atoms with E-state index in [4.69, 9.17) is 5.11 Å². The number of carboxylic acids is 1. The van der Waals surface area contributed by atoms with Crippen LogP contribution >= 0.6 is 0 Å². The van der Waals surface area contributed by atoms with E-state index in [1.54, 1.807) is 0 Å². The first-order valence-corrected chi connectivity index (χ1v) is 6.64. The molecule has 0 radical (unpaired) electrons. The Morgan fingerprint density at radius 3 is 2.55 bits per heavy atom. The van der Waals surface area contributed by atoms with Crippen LogP contribution < -0.4 is 5.32 Å². The number of alkyl halides is 3. The predicted octanol–water partition coefficient (Wildman–Crippen LogP) is 3.46. The Kier molecular flexibility index (Phi) is 6.73. The van der Waals surface area contributed by atoms with Crippen molar-refractivity contribution in [3.63, 3.8) is 0 Å². The van der Waals surface area contributed by atoms with Crippen LogP contribution in [-0.4, -0.2) is 30.3 Å². The maximum atomic E-state index is 13.8. The van der Waals surface area contributed by atoms with Gasteiger partial charge >= 0.3 is 12.1 Å². The first kappa shape index (κ1) is 18.3. The van der Waals surface area contributed by atoms with Crippen LogP contribution in [0.25, 0.3) is 0 Å². The molecule has 0 amide bonds. The minimum atomic E-state index is -4.41. The number of halogens is 5. The van der Waals surface area contributed by atoms with Gasteiger partial charge in [-0.25, -0.2) is 8.78 Å². The quantitative estimate of drug-likeness (QED) is 0.720. The Hall–Kier alpha value is -1.70. The van der Waals surface area contributed by atoms with Crippen molar-refractivity contribution >= 4 is 5.97 Å². The van der Waals surface area contributed by atoms with Gasteiger partial charge < -0.3 is 10.4 Å². The highest BCUT2D eigenvalue weighted by molar-refractivity contribution is 5.66. The van der Waals surface area contributed by atoms with E-state index < -0.39 is 36.2 Å². The highest BCUT2D eigenvalue weighted by Gasteiger charge is 2.27. The van der Waals surface area contributed by atoms with E-state index in [0.717, 1.165) is 6.07 Å². The van der Waals surface area contributed by atoms with E-state index in [0.29, 0.717) is 0 Å². The lowest BCUT2D eigenvalue weighted by molar-refractivity contribution is -0.137. The molecule has 0 unspecified atom stereocenters. The van der Waals surface area contributed by atoms with Crippen molar-refractivity contribution in [3.05, 3.63) is 35.4 Å². The lowest BCUT2D eigenvalue weighted by Crippen LogP contribution is -2.32. The van der Waals surface area contributed by atoms with Crippen molar-refractivity contribution in [2.75, 3.05) is 13.1 Å². The third-order valence-corrected chi connectivity index (χ3v) is 3.08. The van der Waals surface area contributed by atoms with Gasteiger partial charge in [-0.3, -0.25) is 4.79 Å². The Morgan fingerprint density at radius 1 is 1.27 bits per heavy atom. The van der Waals surface area contributed by atoms with E-state index in [9.17, 15) is 26.7 Å². The summed E-state index contributed by atoms with van der Waals surface area (Å²) in [5, 5.41) is 10.7. The summed E-state index contributed by atoms with van der Waals surface area (Å²) in [6.07, 6.45) is -4.31. The number of aliphatic carboxylic acids is 1. The van der Waals surface area contributed by atoms with Crippen molar-refractivity contribution in [2.24, 2.45) is 0 Å². The Labute approximate surface area is 124 Å². The molecule has 2 N–H and O–H groups in total. The van der Waals surface area contributed by atoms with Crippen LogP contribution in [0.2, 0.25) is 0 Å². The topological polar surface area (TPSA) is 49.3 Å². The lowest BCUT2D eigenvalue weighted by atomic mass is 9.92. The second-order valence-corrected chi connectivity index (χ2v) is 4.87. The number of benzene rings is 1. The molecule has 8 heteroatoms. The van der Waals surface area contributed by atoms with Gasteiger partial charge in [-0.1, -0.05) is 12.1 Å². The largest absolute Gasteiger partial charge is 0.481 e. The van der Waals surface area contributed by atoms with Crippen molar-refractivity contribution in [2.45, 2.75) is 31.4 Å². The monoisotopic (exact) mass is 325 g/mol. The van der Waals surface area contributed by atoms with Crippen LogP contribution in [0.15, 0.2) is 18.2 Å². The number of carboxylic acid groups (broad SMARTS) is 1. The molecule has 0 fully saturated rings. The van der Waals surface area contributed by atoms with Gasteiger partial charge in [-0.2, -0.15) is 13.2 Å². The molecule has 0 spiro atoms. The molecule has 0 bridgehead atoms. The van der Waals surface area contributed by atoms with Gasteiger partial charge in [0.1, 0.15) is 0 Å². The zero-order valence-corrected chi connectivity index (χ0v) is 11.6. The first-order valence-electron chi connectivity index (χ1n) is 6.64. The second kappa shape index (κ2) is 8.07. The van der Waals surface area contributed by atoms with Gasteiger partial charge in [0, 0.05) is 13.0 Å².